The van der Waals surface area contributed by atoms with E-state index in [1.54, 1.807) is 6.08 Å². The van der Waals surface area contributed by atoms with Crippen molar-refractivity contribution in [3.63, 3.8) is 0 Å². The molecule has 0 aliphatic carbocycles. The van der Waals surface area contributed by atoms with Gasteiger partial charge in [0.25, 0.3) is 0 Å². The zero-order chi connectivity index (χ0) is 62.8. The van der Waals surface area contributed by atoms with Gasteiger partial charge in [0.2, 0.25) is 5.91 Å². The highest BCUT2D eigenvalue weighted by molar-refractivity contribution is 5.76. The zero-order valence-electron chi connectivity index (χ0n) is 57.8. The number of carbonyl (C=O) groups is 1. The Hall–Kier alpha value is -1.59. The van der Waals surface area contributed by atoms with Crippen molar-refractivity contribution in [2.75, 3.05) is 13.2 Å². The van der Waals surface area contributed by atoms with E-state index < -0.39 is 49.5 Å². The maximum absolute atomic E-state index is 13.2. The Bertz CT molecular complexity index is 1470. The molecule has 0 saturated carbocycles. The minimum Gasteiger partial charge on any atom is -0.394 e. The van der Waals surface area contributed by atoms with Crippen LogP contribution in [0.25, 0.3) is 0 Å². The van der Waals surface area contributed by atoms with Gasteiger partial charge in [-0.15, -0.1) is 0 Å². The summed E-state index contributed by atoms with van der Waals surface area (Å²) in [5.41, 5.74) is 0. The average molecular weight is 1230 g/mol. The van der Waals surface area contributed by atoms with Crippen LogP contribution in [0.15, 0.2) is 36.5 Å². The van der Waals surface area contributed by atoms with Gasteiger partial charge >= 0.3 is 0 Å². The summed E-state index contributed by atoms with van der Waals surface area (Å²) in [6.07, 6.45) is 84.2. The lowest BCUT2D eigenvalue weighted by atomic mass is 9.99. The summed E-state index contributed by atoms with van der Waals surface area (Å²) in [7, 11) is 0. The topological polar surface area (TPSA) is 149 Å². The monoisotopic (exact) mass is 1230 g/mol. The van der Waals surface area contributed by atoms with Gasteiger partial charge in [-0.2, -0.15) is 0 Å². The number of aliphatic hydroxyl groups excluding tert-OH is 5. The first-order valence-electron chi connectivity index (χ1n) is 38.7. The van der Waals surface area contributed by atoms with E-state index in [9.17, 15) is 30.3 Å². The Labute approximate surface area is 540 Å². The molecular weight excluding hydrogens is 1080 g/mol. The molecule has 87 heavy (non-hydrogen) atoms. The smallest absolute Gasteiger partial charge is 0.220 e. The molecule has 9 heteroatoms. The lowest BCUT2D eigenvalue weighted by Gasteiger charge is -2.40. The van der Waals surface area contributed by atoms with Gasteiger partial charge in [-0.25, -0.2) is 0 Å². The fourth-order valence-corrected chi connectivity index (χ4v) is 12.7. The lowest BCUT2D eigenvalue weighted by molar-refractivity contribution is -0.302. The summed E-state index contributed by atoms with van der Waals surface area (Å²) >= 11 is 0. The normalized spacial score (nSPS) is 18.1. The van der Waals surface area contributed by atoms with E-state index >= 15 is 0 Å². The summed E-state index contributed by atoms with van der Waals surface area (Å²) in [4.78, 5) is 13.2. The Balaban J connectivity index is 2.08. The fraction of sp³-hybridized carbons (Fsp3) is 0.910. The Morgan fingerprint density at radius 2 is 0.678 bits per heavy atom. The van der Waals surface area contributed by atoms with E-state index in [0.29, 0.717) is 6.42 Å². The molecule has 514 valence electrons. The third kappa shape index (κ3) is 55.7. The molecule has 1 fully saturated rings. The molecule has 0 aromatic heterocycles. The molecular formula is C78H149NO8. The number of carbonyl (C=O) groups excluding carboxylic acids is 1. The Morgan fingerprint density at radius 3 is 0.989 bits per heavy atom. The molecule has 7 atom stereocenters. The molecule has 1 heterocycles. The zero-order valence-corrected chi connectivity index (χ0v) is 57.8. The number of ether oxygens (including phenoxy) is 2. The van der Waals surface area contributed by atoms with Crippen molar-refractivity contribution in [1.29, 1.82) is 0 Å². The van der Waals surface area contributed by atoms with Crippen LogP contribution >= 0.6 is 0 Å². The van der Waals surface area contributed by atoms with E-state index in [1.165, 1.54) is 334 Å². The molecule has 1 aliphatic heterocycles. The van der Waals surface area contributed by atoms with Crippen molar-refractivity contribution in [3.05, 3.63) is 36.5 Å². The quantitative estimate of drug-likeness (QED) is 0.0261. The SMILES string of the molecule is CCCCCCC/C=C\C/C=C\CCCCCCCCCCCCCCCCCCCCCCCC(=O)NC(COC1OC(CO)C(O)C(O)C1O)C(O)/C=C/CCCCCCCCCCCCCCCCCCCCCCCCCCCCCCC. The number of allylic oxidation sites excluding steroid dienone is 5. The third-order valence-corrected chi connectivity index (χ3v) is 18.7. The van der Waals surface area contributed by atoms with Gasteiger partial charge in [0, 0.05) is 6.42 Å². The number of amides is 1. The van der Waals surface area contributed by atoms with Gasteiger partial charge in [0.15, 0.2) is 6.29 Å². The number of rotatable bonds is 69. The van der Waals surface area contributed by atoms with E-state index in [0.717, 1.165) is 44.9 Å². The van der Waals surface area contributed by atoms with Crippen LogP contribution in [0.1, 0.15) is 399 Å². The van der Waals surface area contributed by atoms with Crippen LogP contribution in [0.3, 0.4) is 0 Å². The molecule has 0 aromatic carbocycles. The number of nitrogens with one attached hydrogen (secondary N) is 1. The molecule has 0 radical (unpaired) electrons. The molecule has 1 saturated heterocycles. The molecule has 9 nitrogen and oxygen atoms in total. The minimum absolute atomic E-state index is 0.168. The van der Waals surface area contributed by atoms with Gasteiger partial charge in [-0.1, -0.05) is 378 Å². The highest BCUT2D eigenvalue weighted by Gasteiger charge is 2.44. The van der Waals surface area contributed by atoms with Crippen LogP contribution in [-0.2, 0) is 14.3 Å². The highest BCUT2D eigenvalue weighted by Crippen LogP contribution is 2.24. The number of hydrogen-bond acceptors (Lipinski definition) is 8. The van der Waals surface area contributed by atoms with Gasteiger partial charge in [0.1, 0.15) is 24.4 Å². The number of hydrogen-bond donors (Lipinski definition) is 6. The summed E-state index contributed by atoms with van der Waals surface area (Å²) in [5.74, 6) is -0.168. The highest BCUT2D eigenvalue weighted by atomic mass is 16.7. The first-order chi connectivity index (χ1) is 42.8. The maximum atomic E-state index is 13.2. The second-order valence-electron chi connectivity index (χ2n) is 27.2. The summed E-state index contributed by atoms with van der Waals surface area (Å²) in [6.45, 7) is 3.83. The van der Waals surface area contributed by atoms with Gasteiger partial charge < -0.3 is 40.3 Å². The van der Waals surface area contributed by atoms with Crippen LogP contribution in [0, 0.1) is 0 Å². The third-order valence-electron chi connectivity index (χ3n) is 18.7. The van der Waals surface area contributed by atoms with Gasteiger partial charge in [0.05, 0.1) is 25.4 Å². The molecule has 6 N–H and O–H groups in total. The van der Waals surface area contributed by atoms with Crippen LogP contribution in [-0.4, -0.2) is 87.5 Å². The van der Waals surface area contributed by atoms with E-state index in [2.05, 4.69) is 43.5 Å². The maximum Gasteiger partial charge on any atom is 0.220 e. The molecule has 1 aliphatic rings. The predicted octanol–water partition coefficient (Wildman–Crippen LogP) is 21.8. The number of aliphatic hydroxyl groups is 5. The second-order valence-corrected chi connectivity index (χ2v) is 27.2. The van der Waals surface area contributed by atoms with Crippen molar-refractivity contribution >= 4 is 5.91 Å². The van der Waals surface area contributed by atoms with Crippen LogP contribution in [0.5, 0.6) is 0 Å². The van der Waals surface area contributed by atoms with Crippen molar-refractivity contribution in [2.45, 2.75) is 442 Å². The molecule has 7 unspecified atom stereocenters. The lowest BCUT2D eigenvalue weighted by Crippen LogP contribution is -2.60. The Kier molecular flexibility index (Phi) is 64.5. The molecule has 0 bridgehead atoms. The van der Waals surface area contributed by atoms with Crippen molar-refractivity contribution in [2.24, 2.45) is 0 Å². The van der Waals surface area contributed by atoms with E-state index in [1.807, 2.05) is 6.08 Å². The standard InChI is InChI=1S/C78H149NO8/c1-3-5-7-9-11-13-15-17-19-21-23-25-27-29-31-33-35-36-38-40-42-44-46-48-50-52-54-56-58-60-62-64-66-68-74(82)79-71(70-86-78-77(85)76(84)75(83)73(69-80)87-78)72(81)67-65-63-61-59-57-55-53-51-49-47-45-43-41-39-37-34-32-30-28-26-24-22-20-18-16-14-12-10-8-6-4-2/h15,17,21,23,65,67,71-73,75-78,80-81,83-85H,3-14,16,18-20,22,24-64,66,68-70H2,1-2H3,(H,79,82)/b17-15-,23-21-,67-65+. The summed E-state index contributed by atoms with van der Waals surface area (Å²) in [5, 5.41) is 54.9. The van der Waals surface area contributed by atoms with Crippen LogP contribution < -0.4 is 5.32 Å². The molecule has 0 aromatic rings. The molecule has 0 spiro atoms. The largest absolute Gasteiger partial charge is 0.394 e. The molecule has 1 amide bonds. The number of unbranched alkanes of at least 4 members (excludes halogenated alkanes) is 55. The van der Waals surface area contributed by atoms with Crippen molar-refractivity contribution in [3.8, 4) is 0 Å². The van der Waals surface area contributed by atoms with Crippen molar-refractivity contribution < 1.29 is 39.8 Å². The minimum atomic E-state index is -1.57. The fourth-order valence-electron chi connectivity index (χ4n) is 12.7. The van der Waals surface area contributed by atoms with E-state index in [-0.39, 0.29) is 12.5 Å². The first kappa shape index (κ1) is 83.4. The molecule has 1 rings (SSSR count). The first-order valence-corrected chi connectivity index (χ1v) is 38.7. The average Bonchev–Trinajstić information content (AvgIpc) is 3.38. The van der Waals surface area contributed by atoms with Gasteiger partial charge in [-0.3, -0.25) is 4.79 Å². The van der Waals surface area contributed by atoms with Crippen LogP contribution in [0.4, 0.5) is 0 Å². The summed E-state index contributed by atoms with van der Waals surface area (Å²) in [6, 6.07) is -0.805. The predicted molar refractivity (Wildman–Crippen MR) is 373 cm³/mol. The summed E-state index contributed by atoms with van der Waals surface area (Å²) < 4.78 is 11.3. The van der Waals surface area contributed by atoms with Crippen molar-refractivity contribution in [1.82, 2.24) is 5.32 Å². The van der Waals surface area contributed by atoms with E-state index in [4.69, 9.17) is 9.47 Å². The van der Waals surface area contributed by atoms with Crippen LogP contribution in [0.2, 0.25) is 0 Å². The van der Waals surface area contributed by atoms with Gasteiger partial charge in [-0.05, 0) is 51.4 Å². The Morgan fingerprint density at radius 1 is 0.391 bits per heavy atom. The second kappa shape index (κ2) is 67.3.